The van der Waals surface area contributed by atoms with Crippen LogP contribution in [0.5, 0.6) is 17.2 Å². The molecule has 1 aromatic heterocycles. The van der Waals surface area contributed by atoms with Crippen LogP contribution in [0.2, 0.25) is 10.0 Å². The summed E-state index contributed by atoms with van der Waals surface area (Å²) in [6.07, 6.45) is 7.66. The molecule has 0 radical (unpaired) electrons. The van der Waals surface area contributed by atoms with E-state index in [0.717, 1.165) is 69.0 Å². The van der Waals surface area contributed by atoms with Gasteiger partial charge in [-0.1, -0.05) is 29.3 Å². The molecule has 2 N–H and O–H groups in total. The molecule has 6 bridgehead atoms. The van der Waals surface area contributed by atoms with Crippen LogP contribution in [-0.4, -0.2) is 195 Å². The summed E-state index contributed by atoms with van der Waals surface area (Å²) < 4.78 is 75.7. The van der Waals surface area contributed by atoms with E-state index in [1.54, 1.807) is 50.8 Å². The summed E-state index contributed by atoms with van der Waals surface area (Å²) in [7, 11) is 7.05. The van der Waals surface area contributed by atoms with Gasteiger partial charge in [-0.3, -0.25) is 9.89 Å². The number of thioether (sulfide) groups is 1. The number of nitrogens with one attached hydrogen (secondary N) is 1. The number of hydrogen-bond donors (Lipinski definition) is 2. The Kier molecular flexibility index (Phi) is 25.0. The number of aryl methyl sites for hydroxylation is 1. The van der Waals surface area contributed by atoms with Crippen molar-refractivity contribution in [3.63, 3.8) is 0 Å². The van der Waals surface area contributed by atoms with Crippen LogP contribution in [0.25, 0.3) is 27.1 Å². The molecule has 4 aliphatic rings. The number of rotatable bonds is 26. The minimum Gasteiger partial charge on any atom is -0.490 e. The molecular weight excluding hydrogens is 1130 g/mol. The fraction of sp³-hybridized carbons (Fsp3) is 0.541. The van der Waals surface area contributed by atoms with E-state index in [4.69, 9.17) is 75.6 Å². The van der Waals surface area contributed by atoms with E-state index in [2.05, 4.69) is 32.1 Å². The third-order valence-electron chi connectivity index (χ3n) is 15.0. The molecule has 452 valence electrons. The monoisotopic (exact) mass is 1210 g/mol. The third-order valence-corrected chi connectivity index (χ3v) is 16.6. The Bertz CT molecular complexity index is 3000. The molecule has 0 spiro atoms. The van der Waals surface area contributed by atoms with Gasteiger partial charge in [0.05, 0.1) is 80.3 Å². The zero-order valence-electron chi connectivity index (χ0n) is 48.5. The number of carboxylic acid groups (broad SMARTS) is 1. The summed E-state index contributed by atoms with van der Waals surface area (Å²) in [5.74, 6) is 0.341. The highest BCUT2D eigenvalue weighted by Crippen LogP contribution is 2.51. The number of piperazine rings is 1. The highest BCUT2D eigenvalue weighted by Gasteiger charge is 2.33. The Morgan fingerprint density at radius 3 is 2.28 bits per heavy atom. The average Bonchev–Trinajstić information content (AvgIpc) is 1.80. The molecule has 1 aliphatic carbocycles. The predicted octanol–water partition coefficient (Wildman–Crippen LogP) is 9.67. The number of ether oxygens (including phenoxy) is 10. The van der Waals surface area contributed by atoms with Crippen LogP contribution >= 0.6 is 35.0 Å². The summed E-state index contributed by atoms with van der Waals surface area (Å²) in [5, 5.41) is 17.0. The number of methoxy groups -OCH3 is 1. The number of carboxylic acids is 1. The van der Waals surface area contributed by atoms with Crippen LogP contribution in [0.1, 0.15) is 66.2 Å². The van der Waals surface area contributed by atoms with Gasteiger partial charge in [0.2, 0.25) is 12.0 Å². The Hall–Kier alpha value is -5.10. The first kappa shape index (κ1) is 63.9. The highest BCUT2D eigenvalue weighted by atomic mass is 35.5. The smallest absolute Gasteiger partial charge is 0.345 e. The van der Waals surface area contributed by atoms with Gasteiger partial charge in [0.15, 0.2) is 5.75 Å². The Balaban J connectivity index is 0.973. The van der Waals surface area contributed by atoms with E-state index in [-0.39, 0.29) is 53.3 Å². The van der Waals surface area contributed by atoms with Gasteiger partial charge in [0.25, 0.3) is 0 Å². The van der Waals surface area contributed by atoms with E-state index in [9.17, 15) is 9.90 Å². The minimum atomic E-state index is -1.48. The summed E-state index contributed by atoms with van der Waals surface area (Å²) in [5.41, 5.74) is 2.82. The van der Waals surface area contributed by atoms with Crippen molar-refractivity contribution >= 4 is 73.9 Å². The number of hydrogen-bond acceptors (Lipinski definition) is 18. The molecule has 2 fully saturated rings. The first-order valence-electron chi connectivity index (χ1n) is 28.4. The summed E-state index contributed by atoms with van der Waals surface area (Å²) in [6.45, 7) is 11.3. The van der Waals surface area contributed by atoms with Crippen molar-refractivity contribution in [1.82, 2.24) is 25.1 Å². The standard InChI is InChI=1S/C61H79Cl2FN6O12S/c1-39-52-53-48-34-42(64)10-14-47(48)58(83-6)54(52)49(35-65-2)60(66-3)82-51(61(71)72)33-41-32-45(79-38-46(81-57(55(39)62)56(53)63)36-70-20-18-69(4)19-21-70)13-15-50(41)80-37-43-16-17-67-59(68-43)40-8-11-44(12-9-40)78-31-30-77-29-28-76-27-26-75-25-24-74-23-7-22-73-5/h10,13-17,32,34-35,40,44,46,51,65H,7-9,11-12,18-31,33,36-38H2,1-6H3,(H,71,72)/b49-35-,66-60+/t40-,44-,46-,51-/m1/s1. The number of aromatic nitrogens is 2. The number of fused-ring (bicyclic) bond motifs is 9. The topological polar surface area (TPSA) is 186 Å². The summed E-state index contributed by atoms with van der Waals surface area (Å²) in [6, 6.07) is 11.7. The predicted molar refractivity (Wildman–Crippen MR) is 322 cm³/mol. The number of aliphatic carboxylic acids is 1. The second-order valence-electron chi connectivity index (χ2n) is 20.7. The first-order valence-corrected chi connectivity index (χ1v) is 30.4. The van der Waals surface area contributed by atoms with Crippen molar-refractivity contribution < 1.29 is 61.7 Å². The molecule has 1 saturated carbocycles. The van der Waals surface area contributed by atoms with Crippen molar-refractivity contribution in [2.24, 2.45) is 4.99 Å². The fourth-order valence-electron chi connectivity index (χ4n) is 10.6. The van der Waals surface area contributed by atoms with E-state index < -0.39 is 24.0 Å². The average molecular weight is 1210 g/mol. The zero-order chi connectivity index (χ0) is 58.7. The number of halogens is 3. The molecule has 4 heterocycles. The quantitative estimate of drug-likeness (QED) is 0.0302. The molecule has 4 aromatic carbocycles. The van der Waals surface area contributed by atoms with E-state index in [1.807, 2.05) is 19.2 Å². The molecule has 9 rings (SSSR count). The van der Waals surface area contributed by atoms with Gasteiger partial charge >= 0.3 is 5.97 Å². The third kappa shape index (κ3) is 17.3. The van der Waals surface area contributed by atoms with Gasteiger partial charge in [-0.2, -0.15) is 0 Å². The Labute approximate surface area is 500 Å². The lowest BCUT2D eigenvalue weighted by molar-refractivity contribution is -0.145. The maximum Gasteiger partial charge on any atom is 0.345 e. The van der Waals surface area contributed by atoms with Crippen LogP contribution in [0, 0.1) is 12.7 Å². The first-order chi connectivity index (χ1) is 40.4. The van der Waals surface area contributed by atoms with Gasteiger partial charge in [0, 0.05) is 113 Å². The molecule has 22 heteroatoms. The number of nitrogens with zero attached hydrogens (tertiary/aromatic N) is 5. The largest absolute Gasteiger partial charge is 0.490 e. The lowest BCUT2D eigenvalue weighted by Gasteiger charge is -2.35. The zero-order valence-corrected chi connectivity index (χ0v) is 50.8. The second kappa shape index (κ2) is 32.4. The summed E-state index contributed by atoms with van der Waals surface area (Å²) in [4.78, 5) is 33.1. The number of likely N-dealkylation sites (N-methyl/N-ethyl adjacent to an activating group) is 1. The van der Waals surface area contributed by atoms with E-state index in [1.165, 1.54) is 30.9 Å². The molecule has 1 saturated heterocycles. The van der Waals surface area contributed by atoms with Crippen LogP contribution in [-0.2, 0) is 51.0 Å². The van der Waals surface area contributed by atoms with Crippen LogP contribution < -0.4 is 19.5 Å². The van der Waals surface area contributed by atoms with Crippen molar-refractivity contribution in [3.8, 4) is 17.2 Å². The van der Waals surface area contributed by atoms with Crippen LogP contribution in [0.3, 0.4) is 0 Å². The summed E-state index contributed by atoms with van der Waals surface area (Å²) >= 11 is 16.4. The van der Waals surface area contributed by atoms with Gasteiger partial charge in [-0.15, -0.1) is 11.8 Å². The lowest BCUT2D eigenvalue weighted by Crippen LogP contribution is -2.49. The normalized spacial score (nSPS) is 20.2. The Morgan fingerprint density at radius 2 is 1.60 bits per heavy atom. The van der Waals surface area contributed by atoms with Crippen LogP contribution in [0.15, 0.2) is 64.7 Å². The highest BCUT2D eigenvalue weighted by molar-refractivity contribution is 7.99. The maximum absolute atomic E-state index is 15.5. The fourth-order valence-corrected chi connectivity index (χ4v) is 12.1. The van der Waals surface area contributed by atoms with Gasteiger partial charge in [-0.05, 0) is 110 Å². The molecule has 18 nitrogen and oxygen atoms in total. The molecule has 83 heavy (non-hydrogen) atoms. The molecule has 0 amide bonds. The SMILES string of the molecule is C/N=C1/O[C@@H](C(=O)O)Cc2cc(ccc2OCc2ccnc([C@H]3CC[C@H](OCCOCCOCCOCCOCCCOC)CC3)n2)OC[C@@H](CN2CCN(C)CC2)Oc2c(Cl)c(C)c3c(c(SC)c4ccc(F)cc4c3c2Cl)/C1=C/NC. The van der Waals surface area contributed by atoms with Crippen molar-refractivity contribution in [3.05, 3.63) is 98.9 Å². The second-order valence-corrected chi connectivity index (χ2v) is 22.3. The van der Waals surface area contributed by atoms with Crippen molar-refractivity contribution in [2.75, 3.05) is 140 Å². The number of carbonyl (C=O) groups is 1. The van der Waals surface area contributed by atoms with Gasteiger partial charge in [-0.25, -0.2) is 19.2 Å². The van der Waals surface area contributed by atoms with E-state index >= 15 is 4.39 Å². The lowest BCUT2D eigenvalue weighted by atomic mass is 9.87. The molecule has 3 aliphatic heterocycles. The maximum atomic E-state index is 15.5. The van der Waals surface area contributed by atoms with Gasteiger partial charge in [0.1, 0.15) is 42.5 Å². The Morgan fingerprint density at radius 1 is 0.892 bits per heavy atom. The van der Waals surface area contributed by atoms with Gasteiger partial charge < -0.3 is 62.7 Å². The minimum absolute atomic E-state index is 0.0220. The van der Waals surface area contributed by atoms with Crippen LogP contribution in [0.4, 0.5) is 4.39 Å². The molecule has 2 atom stereocenters. The molecule has 5 aromatic rings. The molecular formula is C61H79Cl2FN6O12S. The number of benzene rings is 4. The number of aliphatic imine (C=N–C) groups is 1. The van der Waals surface area contributed by atoms with E-state index in [0.29, 0.717) is 134 Å². The molecule has 0 unspecified atom stereocenters. The van der Waals surface area contributed by atoms with Crippen molar-refractivity contribution in [1.29, 1.82) is 0 Å². The van der Waals surface area contributed by atoms with Crippen molar-refractivity contribution in [2.45, 2.75) is 81.2 Å².